The molecule has 2 rings (SSSR count). The van der Waals surface area contributed by atoms with E-state index in [2.05, 4.69) is 15.2 Å². The molecule has 0 atom stereocenters. The minimum absolute atomic E-state index is 0. The summed E-state index contributed by atoms with van der Waals surface area (Å²) in [5, 5.41) is 3.31. The third-order valence-corrected chi connectivity index (χ3v) is 2.40. The molecule has 1 aromatic heterocycles. The molecule has 1 saturated heterocycles. The summed E-state index contributed by atoms with van der Waals surface area (Å²) in [7, 11) is 1.65. The molecule has 0 radical (unpaired) electrons. The van der Waals surface area contributed by atoms with Gasteiger partial charge in [-0.05, 0) is 12.1 Å². The fourth-order valence-corrected chi connectivity index (χ4v) is 1.57. The SMILES string of the molecule is COc1ccc(N2CCNCC2)nc1.Cl.Cl. The average Bonchev–Trinajstić information content (AvgIpc) is 2.30. The van der Waals surface area contributed by atoms with Crippen LogP contribution in [0.25, 0.3) is 0 Å². The van der Waals surface area contributed by atoms with Gasteiger partial charge in [0.05, 0.1) is 13.3 Å². The van der Waals surface area contributed by atoms with Crippen LogP contribution >= 0.6 is 24.8 Å². The van der Waals surface area contributed by atoms with Crippen molar-refractivity contribution in [2.75, 3.05) is 38.2 Å². The number of pyridine rings is 1. The van der Waals surface area contributed by atoms with Crippen molar-refractivity contribution in [2.45, 2.75) is 0 Å². The van der Waals surface area contributed by atoms with E-state index in [4.69, 9.17) is 4.74 Å². The predicted molar refractivity (Wildman–Crippen MR) is 70.4 cm³/mol. The summed E-state index contributed by atoms with van der Waals surface area (Å²) < 4.78 is 5.06. The Morgan fingerprint density at radius 3 is 2.44 bits per heavy atom. The van der Waals surface area contributed by atoms with Crippen molar-refractivity contribution in [1.29, 1.82) is 0 Å². The van der Waals surface area contributed by atoms with E-state index in [1.807, 2.05) is 12.1 Å². The molecule has 1 aliphatic rings. The normalized spacial score (nSPS) is 14.7. The van der Waals surface area contributed by atoms with Gasteiger partial charge in [-0.1, -0.05) is 0 Å². The first-order chi connectivity index (χ1) is 6.90. The molecule has 1 aromatic rings. The third-order valence-electron chi connectivity index (χ3n) is 2.40. The monoisotopic (exact) mass is 265 g/mol. The smallest absolute Gasteiger partial charge is 0.137 e. The molecule has 0 amide bonds. The van der Waals surface area contributed by atoms with E-state index in [1.165, 1.54) is 0 Å². The second-order valence-corrected chi connectivity index (χ2v) is 3.29. The van der Waals surface area contributed by atoms with Gasteiger partial charge in [-0.25, -0.2) is 4.98 Å². The molecule has 0 saturated carbocycles. The van der Waals surface area contributed by atoms with Gasteiger partial charge >= 0.3 is 0 Å². The van der Waals surface area contributed by atoms with Crippen LogP contribution in [-0.4, -0.2) is 38.3 Å². The Kier molecular flexibility index (Phi) is 7.21. The number of nitrogens with one attached hydrogen (secondary N) is 1. The van der Waals surface area contributed by atoms with Gasteiger partial charge in [0.2, 0.25) is 0 Å². The van der Waals surface area contributed by atoms with Crippen LogP contribution in [0.2, 0.25) is 0 Å². The number of nitrogens with zero attached hydrogens (tertiary/aromatic N) is 2. The third kappa shape index (κ3) is 3.70. The molecule has 1 fully saturated rings. The highest BCUT2D eigenvalue weighted by atomic mass is 35.5. The molecule has 0 aliphatic carbocycles. The largest absolute Gasteiger partial charge is 0.495 e. The first-order valence-electron chi connectivity index (χ1n) is 4.86. The molecule has 1 aliphatic heterocycles. The number of rotatable bonds is 2. The maximum absolute atomic E-state index is 5.06. The minimum atomic E-state index is 0. The quantitative estimate of drug-likeness (QED) is 0.876. The summed E-state index contributed by atoms with van der Waals surface area (Å²) >= 11 is 0. The summed E-state index contributed by atoms with van der Waals surface area (Å²) in [5.41, 5.74) is 0. The minimum Gasteiger partial charge on any atom is -0.495 e. The number of piperazine rings is 1. The highest BCUT2D eigenvalue weighted by molar-refractivity contribution is 5.85. The van der Waals surface area contributed by atoms with E-state index in [0.717, 1.165) is 37.7 Å². The Balaban J connectivity index is 0.00000112. The number of ether oxygens (including phenoxy) is 1. The Labute approximate surface area is 108 Å². The van der Waals surface area contributed by atoms with Gasteiger partial charge in [0.25, 0.3) is 0 Å². The number of hydrogen-bond donors (Lipinski definition) is 1. The lowest BCUT2D eigenvalue weighted by Gasteiger charge is -2.28. The van der Waals surface area contributed by atoms with Crippen LogP contribution in [0.1, 0.15) is 0 Å². The molecule has 0 bridgehead atoms. The molecule has 2 heterocycles. The number of aromatic nitrogens is 1. The molecule has 0 aromatic carbocycles. The van der Waals surface area contributed by atoms with E-state index in [9.17, 15) is 0 Å². The zero-order chi connectivity index (χ0) is 9.80. The molecule has 16 heavy (non-hydrogen) atoms. The zero-order valence-corrected chi connectivity index (χ0v) is 10.8. The van der Waals surface area contributed by atoms with Crippen LogP contribution in [0.3, 0.4) is 0 Å². The highest BCUT2D eigenvalue weighted by Gasteiger charge is 2.10. The Hall–Kier alpha value is -0.710. The first-order valence-corrected chi connectivity index (χ1v) is 4.86. The lowest BCUT2D eigenvalue weighted by atomic mass is 10.3. The van der Waals surface area contributed by atoms with Gasteiger partial charge in [0, 0.05) is 26.2 Å². The number of anilines is 1. The van der Waals surface area contributed by atoms with Gasteiger partial charge in [-0.15, -0.1) is 24.8 Å². The van der Waals surface area contributed by atoms with Crippen molar-refractivity contribution < 1.29 is 4.74 Å². The van der Waals surface area contributed by atoms with Gasteiger partial charge in [0.1, 0.15) is 11.6 Å². The fraction of sp³-hybridized carbons (Fsp3) is 0.500. The summed E-state index contributed by atoms with van der Waals surface area (Å²) in [5.74, 6) is 1.84. The summed E-state index contributed by atoms with van der Waals surface area (Å²) in [6.07, 6.45) is 1.76. The van der Waals surface area contributed by atoms with Crippen LogP contribution in [0.4, 0.5) is 5.82 Å². The van der Waals surface area contributed by atoms with Crippen molar-refractivity contribution in [3.63, 3.8) is 0 Å². The maximum Gasteiger partial charge on any atom is 0.137 e. The van der Waals surface area contributed by atoms with Crippen molar-refractivity contribution >= 4 is 30.6 Å². The van der Waals surface area contributed by atoms with Crippen molar-refractivity contribution in [3.8, 4) is 5.75 Å². The van der Waals surface area contributed by atoms with Crippen LogP contribution in [0.5, 0.6) is 5.75 Å². The van der Waals surface area contributed by atoms with Gasteiger partial charge in [-0.3, -0.25) is 0 Å². The van der Waals surface area contributed by atoms with Crippen molar-refractivity contribution in [3.05, 3.63) is 18.3 Å². The predicted octanol–water partition coefficient (Wildman–Crippen LogP) is 1.34. The Morgan fingerprint density at radius 1 is 1.25 bits per heavy atom. The molecule has 4 nitrogen and oxygen atoms in total. The number of halogens is 2. The lowest BCUT2D eigenvalue weighted by Crippen LogP contribution is -2.43. The molecule has 6 heteroatoms. The molecule has 92 valence electrons. The van der Waals surface area contributed by atoms with Crippen LogP contribution in [0, 0.1) is 0 Å². The Bertz CT molecular complexity index is 289. The fourth-order valence-electron chi connectivity index (χ4n) is 1.57. The standard InChI is InChI=1S/C10H15N3O.2ClH/c1-14-9-2-3-10(12-8-9)13-6-4-11-5-7-13;;/h2-3,8,11H,4-7H2,1H3;2*1H. The topological polar surface area (TPSA) is 37.4 Å². The van der Waals surface area contributed by atoms with Crippen LogP contribution < -0.4 is 15.0 Å². The van der Waals surface area contributed by atoms with E-state index < -0.39 is 0 Å². The van der Waals surface area contributed by atoms with E-state index in [-0.39, 0.29) is 24.8 Å². The zero-order valence-electron chi connectivity index (χ0n) is 9.18. The number of methoxy groups -OCH3 is 1. The highest BCUT2D eigenvalue weighted by Crippen LogP contribution is 2.15. The van der Waals surface area contributed by atoms with E-state index in [0.29, 0.717) is 0 Å². The van der Waals surface area contributed by atoms with E-state index >= 15 is 0 Å². The van der Waals surface area contributed by atoms with Crippen LogP contribution in [0.15, 0.2) is 18.3 Å². The maximum atomic E-state index is 5.06. The second-order valence-electron chi connectivity index (χ2n) is 3.29. The van der Waals surface area contributed by atoms with Gasteiger partial charge < -0.3 is 15.0 Å². The summed E-state index contributed by atoms with van der Waals surface area (Å²) in [6, 6.07) is 3.95. The summed E-state index contributed by atoms with van der Waals surface area (Å²) in [6.45, 7) is 4.13. The Morgan fingerprint density at radius 2 is 1.94 bits per heavy atom. The van der Waals surface area contributed by atoms with Gasteiger partial charge in [0.15, 0.2) is 0 Å². The molecule has 1 N–H and O–H groups in total. The first kappa shape index (κ1) is 15.3. The molecular weight excluding hydrogens is 249 g/mol. The second kappa shape index (κ2) is 7.54. The van der Waals surface area contributed by atoms with Crippen LogP contribution in [-0.2, 0) is 0 Å². The molecule has 0 unspecified atom stereocenters. The summed E-state index contributed by atoms with van der Waals surface area (Å²) in [4.78, 5) is 6.62. The number of hydrogen-bond acceptors (Lipinski definition) is 4. The molecule has 0 spiro atoms. The molecular formula is C10H17Cl2N3O. The van der Waals surface area contributed by atoms with Crippen molar-refractivity contribution in [1.82, 2.24) is 10.3 Å². The average molecular weight is 266 g/mol. The van der Waals surface area contributed by atoms with Gasteiger partial charge in [-0.2, -0.15) is 0 Å². The lowest BCUT2D eigenvalue weighted by molar-refractivity contribution is 0.413. The van der Waals surface area contributed by atoms with E-state index in [1.54, 1.807) is 13.3 Å². The van der Waals surface area contributed by atoms with Crippen molar-refractivity contribution in [2.24, 2.45) is 0 Å².